The van der Waals surface area contributed by atoms with Crippen molar-refractivity contribution in [2.75, 3.05) is 7.11 Å². The van der Waals surface area contributed by atoms with Crippen LogP contribution in [-0.2, 0) is 21.4 Å². The first-order valence-corrected chi connectivity index (χ1v) is 7.01. The second-order valence-electron chi connectivity index (χ2n) is 5.43. The Morgan fingerprint density at radius 3 is 2.39 bits per heavy atom. The molecule has 18 heavy (non-hydrogen) atoms. The maximum absolute atomic E-state index is 11.7. The van der Waals surface area contributed by atoms with Crippen LogP contribution in [0.2, 0.25) is 0 Å². The van der Waals surface area contributed by atoms with Gasteiger partial charge in [0, 0.05) is 20.7 Å². The van der Waals surface area contributed by atoms with Gasteiger partial charge < -0.3 is 10.5 Å². The molecule has 102 valence electrons. The highest BCUT2D eigenvalue weighted by molar-refractivity contribution is 7.12. The molecule has 0 bridgehead atoms. The van der Waals surface area contributed by atoms with Crippen molar-refractivity contribution in [3.63, 3.8) is 0 Å². The van der Waals surface area contributed by atoms with E-state index in [9.17, 15) is 4.79 Å². The van der Waals surface area contributed by atoms with Crippen LogP contribution in [0.4, 0.5) is 0 Å². The molecule has 0 spiro atoms. The van der Waals surface area contributed by atoms with Gasteiger partial charge in [0.1, 0.15) is 0 Å². The molecule has 1 aromatic rings. The SMILES string of the molecule is CCc1ccc(C(C)(CC(=O)OC)C(C)(C)N)s1. The maximum atomic E-state index is 11.7. The van der Waals surface area contributed by atoms with Crippen molar-refractivity contribution in [1.82, 2.24) is 0 Å². The number of nitrogens with two attached hydrogens (primary N) is 1. The lowest BCUT2D eigenvalue weighted by Crippen LogP contribution is -2.53. The van der Waals surface area contributed by atoms with E-state index >= 15 is 0 Å². The van der Waals surface area contributed by atoms with E-state index in [2.05, 4.69) is 19.1 Å². The van der Waals surface area contributed by atoms with Crippen LogP contribution in [-0.4, -0.2) is 18.6 Å². The second kappa shape index (κ2) is 5.41. The smallest absolute Gasteiger partial charge is 0.306 e. The fourth-order valence-electron chi connectivity index (χ4n) is 1.86. The van der Waals surface area contributed by atoms with Gasteiger partial charge in [-0.2, -0.15) is 0 Å². The third-order valence-electron chi connectivity index (χ3n) is 3.70. The first kappa shape index (κ1) is 15.2. The van der Waals surface area contributed by atoms with Crippen molar-refractivity contribution in [2.45, 2.75) is 51.5 Å². The Bertz CT molecular complexity index is 420. The van der Waals surface area contributed by atoms with E-state index in [4.69, 9.17) is 10.5 Å². The van der Waals surface area contributed by atoms with Gasteiger partial charge in [-0.25, -0.2) is 0 Å². The van der Waals surface area contributed by atoms with Gasteiger partial charge in [-0.05, 0) is 32.4 Å². The molecule has 0 amide bonds. The van der Waals surface area contributed by atoms with Crippen LogP contribution in [0.25, 0.3) is 0 Å². The number of ether oxygens (including phenoxy) is 1. The van der Waals surface area contributed by atoms with E-state index in [1.54, 1.807) is 11.3 Å². The van der Waals surface area contributed by atoms with E-state index in [0.29, 0.717) is 6.42 Å². The van der Waals surface area contributed by atoms with Crippen molar-refractivity contribution in [2.24, 2.45) is 5.73 Å². The molecule has 0 saturated heterocycles. The lowest BCUT2D eigenvalue weighted by atomic mass is 9.70. The minimum Gasteiger partial charge on any atom is -0.469 e. The topological polar surface area (TPSA) is 52.3 Å². The predicted octanol–water partition coefficient (Wildman–Crippen LogP) is 2.87. The lowest BCUT2D eigenvalue weighted by molar-refractivity contribution is -0.142. The number of thiophene rings is 1. The molecule has 2 N–H and O–H groups in total. The Morgan fingerprint density at radius 2 is 2.00 bits per heavy atom. The molecule has 1 unspecified atom stereocenters. The number of methoxy groups -OCH3 is 1. The van der Waals surface area contributed by atoms with E-state index in [1.165, 1.54) is 12.0 Å². The van der Waals surface area contributed by atoms with Crippen LogP contribution in [0, 0.1) is 0 Å². The van der Waals surface area contributed by atoms with Gasteiger partial charge >= 0.3 is 5.97 Å². The number of esters is 1. The third-order valence-corrected chi connectivity index (χ3v) is 5.20. The molecule has 1 aromatic heterocycles. The number of aryl methyl sites for hydroxylation is 1. The van der Waals surface area contributed by atoms with E-state index in [0.717, 1.165) is 11.3 Å². The molecule has 3 nitrogen and oxygen atoms in total. The summed E-state index contributed by atoms with van der Waals surface area (Å²) in [5.74, 6) is -0.220. The van der Waals surface area contributed by atoms with Crippen LogP contribution in [0.5, 0.6) is 0 Å². The van der Waals surface area contributed by atoms with Gasteiger partial charge in [0.2, 0.25) is 0 Å². The highest BCUT2D eigenvalue weighted by Crippen LogP contribution is 2.40. The summed E-state index contributed by atoms with van der Waals surface area (Å²) < 4.78 is 4.81. The Hall–Kier alpha value is -0.870. The van der Waals surface area contributed by atoms with E-state index < -0.39 is 11.0 Å². The number of rotatable bonds is 5. The fraction of sp³-hybridized carbons (Fsp3) is 0.643. The molecule has 0 radical (unpaired) electrons. The molecular formula is C14H23NO2S. The van der Waals surface area contributed by atoms with Gasteiger partial charge in [-0.1, -0.05) is 13.8 Å². The van der Waals surface area contributed by atoms with Gasteiger partial charge in [-0.3, -0.25) is 4.79 Å². The summed E-state index contributed by atoms with van der Waals surface area (Å²) >= 11 is 1.73. The third kappa shape index (κ3) is 2.93. The van der Waals surface area contributed by atoms with Crippen molar-refractivity contribution in [1.29, 1.82) is 0 Å². The van der Waals surface area contributed by atoms with Gasteiger partial charge in [0.15, 0.2) is 0 Å². The summed E-state index contributed by atoms with van der Waals surface area (Å²) in [5.41, 5.74) is 5.40. The average Bonchev–Trinajstić information content (AvgIpc) is 2.76. The summed E-state index contributed by atoms with van der Waals surface area (Å²) in [6, 6.07) is 4.20. The first-order chi connectivity index (χ1) is 8.24. The minimum absolute atomic E-state index is 0.220. The second-order valence-corrected chi connectivity index (χ2v) is 6.59. The van der Waals surface area contributed by atoms with Crippen molar-refractivity contribution >= 4 is 17.3 Å². The normalized spacial score (nSPS) is 15.2. The number of hydrogen-bond donors (Lipinski definition) is 1. The Labute approximate surface area is 113 Å². The molecule has 0 aliphatic rings. The predicted molar refractivity (Wildman–Crippen MR) is 75.9 cm³/mol. The maximum Gasteiger partial charge on any atom is 0.306 e. The molecule has 0 saturated carbocycles. The van der Waals surface area contributed by atoms with Crippen LogP contribution in [0.3, 0.4) is 0 Å². The van der Waals surface area contributed by atoms with Gasteiger partial charge in [0.25, 0.3) is 0 Å². The van der Waals surface area contributed by atoms with E-state index in [1.807, 2.05) is 20.8 Å². The average molecular weight is 269 g/mol. The highest BCUT2D eigenvalue weighted by atomic mass is 32.1. The number of hydrogen-bond acceptors (Lipinski definition) is 4. The van der Waals surface area contributed by atoms with Crippen molar-refractivity contribution < 1.29 is 9.53 Å². The first-order valence-electron chi connectivity index (χ1n) is 6.19. The standard InChI is InChI=1S/C14H23NO2S/c1-6-10-7-8-11(18-10)14(4,13(2,3)15)9-12(16)17-5/h7-8H,6,9,15H2,1-5H3. The molecule has 4 heteroatoms. The van der Waals surface area contributed by atoms with Crippen molar-refractivity contribution in [3.05, 3.63) is 21.9 Å². The number of carbonyl (C=O) groups is 1. The monoisotopic (exact) mass is 269 g/mol. The zero-order valence-electron chi connectivity index (χ0n) is 11.9. The summed E-state index contributed by atoms with van der Waals surface area (Å²) in [6.45, 7) is 8.08. The Morgan fingerprint density at radius 1 is 1.39 bits per heavy atom. The molecule has 1 rings (SSSR count). The molecular weight excluding hydrogens is 246 g/mol. The molecule has 0 aliphatic heterocycles. The zero-order valence-corrected chi connectivity index (χ0v) is 12.7. The summed E-state index contributed by atoms with van der Waals surface area (Å²) in [4.78, 5) is 14.1. The van der Waals surface area contributed by atoms with Crippen LogP contribution in [0.15, 0.2) is 12.1 Å². The van der Waals surface area contributed by atoms with Gasteiger partial charge in [-0.15, -0.1) is 11.3 Å². The summed E-state index contributed by atoms with van der Waals surface area (Å²) in [7, 11) is 1.41. The molecule has 0 aromatic carbocycles. The lowest BCUT2D eigenvalue weighted by Gasteiger charge is -2.40. The van der Waals surface area contributed by atoms with Crippen LogP contribution < -0.4 is 5.73 Å². The molecule has 0 fully saturated rings. The molecule has 0 aliphatic carbocycles. The zero-order chi connectivity index (χ0) is 14.0. The summed E-state index contributed by atoms with van der Waals surface area (Å²) in [5, 5.41) is 0. The Kier molecular flexibility index (Phi) is 4.56. The number of carbonyl (C=O) groups excluding carboxylic acids is 1. The highest BCUT2D eigenvalue weighted by Gasteiger charge is 2.42. The Balaban J connectivity index is 3.16. The summed E-state index contributed by atoms with van der Waals surface area (Å²) in [6.07, 6.45) is 1.31. The molecule has 1 heterocycles. The quantitative estimate of drug-likeness (QED) is 0.836. The van der Waals surface area contributed by atoms with Crippen LogP contribution >= 0.6 is 11.3 Å². The van der Waals surface area contributed by atoms with Gasteiger partial charge in [0.05, 0.1) is 13.5 Å². The largest absolute Gasteiger partial charge is 0.469 e. The van der Waals surface area contributed by atoms with E-state index in [-0.39, 0.29) is 5.97 Å². The van der Waals surface area contributed by atoms with Crippen LogP contribution in [0.1, 0.15) is 43.9 Å². The molecule has 1 atom stereocenters. The minimum atomic E-state index is -0.489. The van der Waals surface area contributed by atoms with Crippen molar-refractivity contribution in [3.8, 4) is 0 Å². The fourth-order valence-corrected chi connectivity index (χ4v) is 3.12.